The Balaban J connectivity index is 2.26. The smallest absolute Gasteiger partial charge is 0.302 e. The predicted molar refractivity (Wildman–Crippen MR) is 128 cm³/mol. The number of anilines is 1. The Morgan fingerprint density at radius 3 is 2.59 bits per heavy atom. The third-order valence-corrected chi connectivity index (χ3v) is 5.34. The van der Waals surface area contributed by atoms with Crippen LogP contribution in [-0.4, -0.2) is 61.6 Å². The van der Waals surface area contributed by atoms with Gasteiger partial charge in [-0.15, -0.1) is 0 Å². The van der Waals surface area contributed by atoms with Gasteiger partial charge >= 0.3 is 5.97 Å². The molecule has 1 saturated heterocycles. The fourth-order valence-corrected chi connectivity index (χ4v) is 3.63. The highest BCUT2D eigenvalue weighted by molar-refractivity contribution is 6.00. The van der Waals surface area contributed by atoms with Gasteiger partial charge in [0.25, 0.3) is 5.91 Å². The molecule has 0 radical (unpaired) electrons. The van der Waals surface area contributed by atoms with E-state index >= 15 is 0 Å². The number of ether oxygens (including phenoxy) is 3. The predicted octanol–water partition coefficient (Wildman–Crippen LogP) is 4.14. The van der Waals surface area contributed by atoms with Crippen molar-refractivity contribution in [3.63, 3.8) is 0 Å². The number of amides is 1. The van der Waals surface area contributed by atoms with E-state index in [2.05, 4.69) is 5.48 Å². The first-order chi connectivity index (χ1) is 16.2. The maximum absolute atomic E-state index is 13.6. The van der Waals surface area contributed by atoms with Gasteiger partial charge in [0.2, 0.25) is 0 Å². The maximum Gasteiger partial charge on any atom is 0.302 e. The van der Waals surface area contributed by atoms with Crippen LogP contribution in [0.2, 0.25) is 0 Å². The molecule has 0 aromatic heterocycles. The molecule has 1 N–H and O–H groups in total. The number of hydrogen-bond acceptors (Lipinski definition) is 8. The first kappa shape index (κ1) is 27.4. The molecule has 1 fully saturated rings. The highest BCUT2D eigenvalue weighted by atomic mass is 16.7. The summed E-state index contributed by atoms with van der Waals surface area (Å²) in [6.45, 7) is 8.26. The highest BCUT2D eigenvalue weighted by Crippen LogP contribution is 2.36. The Bertz CT molecular complexity index is 835. The summed E-state index contributed by atoms with van der Waals surface area (Å²) in [5.41, 5.74) is 3.28. The first-order valence-electron chi connectivity index (χ1n) is 11.8. The molecule has 9 nitrogen and oxygen atoms in total. The van der Waals surface area contributed by atoms with Crippen molar-refractivity contribution in [2.75, 3.05) is 32.3 Å². The molecule has 1 aliphatic rings. The fourth-order valence-electron chi connectivity index (χ4n) is 3.63. The Kier molecular flexibility index (Phi) is 10.6. The van der Waals surface area contributed by atoms with Gasteiger partial charge in [-0.1, -0.05) is 0 Å². The standard InChI is InChI=1S/C25H38N2O7/c1-18(29)33-17-19-11-10-12-27(19)24(30)20-15-22(31-5)23(32-14-9-7-6-8-13-28)16-21(20)26-34-25(2,3)4/h13,15-16,19,26H,6-12,14,17H2,1-5H3/t19-/m0/s1. The van der Waals surface area contributed by atoms with Gasteiger partial charge in [-0.2, -0.15) is 0 Å². The number of rotatable bonds is 13. The summed E-state index contributed by atoms with van der Waals surface area (Å²) in [5, 5.41) is 0. The molecule has 1 atom stereocenters. The second-order valence-corrected chi connectivity index (χ2v) is 9.33. The zero-order valence-electron chi connectivity index (χ0n) is 21.0. The lowest BCUT2D eigenvalue weighted by Crippen LogP contribution is -2.39. The van der Waals surface area contributed by atoms with E-state index in [-0.39, 0.29) is 24.5 Å². The van der Waals surface area contributed by atoms with E-state index < -0.39 is 5.60 Å². The minimum atomic E-state index is -0.495. The maximum atomic E-state index is 13.6. The summed E-state index contributed by atoms with van der Waals surface area (Å²) in [7, 11) is 1.53. The van der Waals surface area contributed by atoms with Gasteiger partial charge in [0.15, 0.2) is 11.5 Å². The number of methoxy groups -OCH3 is 1. The van der Waals surface area contributed by atoms with Gasteiger partial charge in [-0.05, 0) is 58.9 Å². The Morgan fingerprint density at radius 2 is 1.94 bits per heavy atom. The summed E-state index contributed by atoms with van der Waals surface area (Å²) in [4.78, 5) is 42.8. The van der Waals surface area contributed by atoms with Crippen molar-refractivity contribution < 1.29 is 33.4 Å². The van der Waals surface area contributed by atoms with E-state index in [4.69, 9.17) is 19.0 Å². The number of benzene rings is 1. The van der Waals surface area contributed by atoms with Crippen LogP contribution in [0, 0.1) is 0 Å². The van der Waals surface area contributed by atoms with E-state index in [9.17, 15) is 14.4 Å². The van der Waals surface area contributed by atoms with Gasteiger partial charge < -0.3 is 23.9 Å². The third kappa shape index (κ3) is 8.52. The summed E-state index contributed by atoms with van der Waals surface area (Å²) in [6.07, 6.45) is 5.58. The van der Waals surface area contributed by atoms with Gasteiger partial charge in [0.1, 0.15) is 12.9 Å². The lowest BCUT2D eigenvalue weighted by molar-refractivity contribution is -0.142. The molecule has 1 aromatic rings. The second-order valence-electron chi connectivity index (χ2n) is 9.33. The zero-order valence-corrected chi connectivity index (χ0v) is 21.0. The Labute approximate surface area is 202 Å². The molecule has 0 saturated carbocycles. The average Bonchev–Trinajstić information content (AvgIpc) is 3.26. The molecule has 0 bridgehead atoms. The lowest BCUT2D eigenvalue weighted by Gasteiger charge is -2.27. The number of esters is 1. The Hall–Kier alpha value is -2.81. The largest absolute Gasteiger partial charge is 0.493 e. The first-order valence-corrected chi connectivity index (χ1v) is 11.8. The van der Waals surface area contributed by atoms with Crippen LogP contribution in [-0.2, 0) is 19.2 Å². The lowest BCUT2D eigenvalue weighted by atomic mass is 10.1. The molecule has 1 aromatic carbocycles. The number of aldehydes is 1. The molecule has 0 aliphatic carbocycles. The van der Waals surface area contributed by atoms with Gasteiger partial charge in [-0.25, -0.2) is 0 Å². The van der Waals surface area contributed by atoms with Crippen molar-refractivity contribution >= 4 is 23.9 Å². The van der Waals surface area contributed by atoms with E-state index in [0.717, 1.165) is 38.4 Å². The Morgan fingerprint density at radius 1 is 1.18 bits per heavy atom. The highest BCUT2D eigenvalue weighted by Gasteiger charge is 2.32. The fraction of sp³-hybridized carbons (Fsp3) is 0.640. The molecule has 1 heterocycles. The monoisotopic (exact) mass is 478 g/mol. The topological polar surface area (TPSA) is 103 Å². The van der Waals surface area contributed by atoms with Crippen LogP contribution in [0.5, 0.6) is 11.5 Å². The molecule has 0 spiro atoms. The average molecular weight is 479 g/mol. The van der Waals surface area contributed by atoms with Crippen LogP contribution in [0.15, 0.2) is 12.1 Å². The quantitative estimate of drug-likeness (QED) is 0.195. The number of nitrogens with one attached hydrogen (secondary N) is 1. The molecule has 34 heavy (non-hydrogen) atoms. The van der Waals surface area contributed by atoms with E-state index in [1.165, 1.54) is 14.0 Å². The SMILES string of the molecule is COc1cc(C(=O)N2CCC[C@H]2COC(C)=O)c(NOC(C)(C)C)cc1OCCCCCC=O. The third-order valence-electron chi connectivity index (χ3n) is 5.34. The summed E-state index contributed by atoms with van der Waals surface area (Å²) < 4.78 is 16.6. The van der Waals surface area contributed by atoms with Crippen LogP contribution in [0.4, 0.5) is 5.69 Å². The molecule has 2 rings (SSSR count). The van der Waals surface area contributed by atoms with Crippen LogP contribution < -0.4 is 15.0 Å². The van der Waals surface area contributed by atoms with Crippen molar-refractivity contribution in [3.05, 3.63) is 17.7 Å². The second kappa shape index (κ2) is 13.2. The van der Waals surface area contributed by atoms with Crippen LogP contribution >= 0.6 is 0 Å². The number of carbonyl (C=O) groups is 3. The van der Waals surface area contributed by atoms with Crippen molar-refractivity contribution in [2.45, 2.75) is 77.9 Å². The van der Waals surface area contributed by atoms with Crippen LogP contribution in [0.3, 0.4) is 0 Å². The number of unbranched alkanes of at least 4 members (excludes halogenated alkanes) is 3. The summed E-state index contributed by atoms with van der Waals surface area (Å²) >= 11 is 0. The number of carbonyl (C=O) groups excluding carboxylic acids is 3. The number of likely N-dealkylation sites (tertiary alicyclic amines) is 1. The van der Waals surface area contributed by atoms with Gasteiger partial charge in [0, 0.05) is 26.0 Å². The molecule has 1 aliphatic heterocycles. The van der Waals surface area contributed by atoms with E-state index in [1.54, 1.807) is 17.0 Å². The molecule has 1 amide bonds. The molecule has 190 valence electrons. The van der Waals surface area contributed by atoms with Crippen molar-refractivity contribution in [1.29, 1.82) is 0 Å². The van der Waals surface area contributed by atoms with Crippen molar-refractivity contribution in [2.24, 2.45) is 0 Å². The minimum absolute atomic E-state index is 0.171. The van der Waals surface area contributed by atoms with Crippen LogP contribution in [0.25, 0.3) is 0 Å². The molecule has 9 heteroatoms. The number of nitrogens with zero attached hydrogens (tertiary/aromatic N) is 1. The molecular weight excluding hydrogens is 440 g/mol. The van der Waals surface area contributed by atoms with Gasteiger partial charge in [-0.3, -0.25) is 19.9 Å². The normalized spacial score (nSPS) is 15.7. The minimum Gasteiger partial charge on any atom is -0.493 e. The molecular formula is C25H38N2O7. The van der Waals surface area contributed by atoms with E-state index in [1.807, 2.05) is 20.8 Å². The van der Waals surface area contributed by atoms with Crippen molar-refractivity contribution in [3.8, 4) is 11.5 Å². The van der Waals surface area contributed by atoms with Gasteiger partial charge in [0.05, 0.1) is 36.6 Å². The van der Waals surface area contributed by atoms with E-state index in [0.29, 0.717) is 42.3 Å². The molecule has 0 unspecified atom stereocenters. The number of hydrogen-bond donors (Lipinski definition) is 1. The van der Waals surface area contributed by atoms with Crippen LogP contribution in [0.1, 0.15) is 76.6 Å². The zero-order chi connectivity index (χ0) is 25.1. The summed E-state index contributed by atoms with van der Waals surface area (Å²) in [6, 6.07) is 3.18. The van der Waals surface area contributed by atoms with Crippen molar-refractivity contribution in [1.82, 2.24) is 4.90 Å². The summed E-state index contributed by atoms with van der Waals surface area (Å²) in [5.74, 6) is 0.364.